The van der Waals surface area contributed by atoms with Crippen LogP contribution in [0.4, 0.5) is 0 Å². The highest BCUT2D eigenvalue weighted by Gasteiger charge is 2.26. The number of rotatable bonds is 4. The minimum atomic E-state index is -0.232. The Morgan fingerprint density at radius 3 is 2.60 bits per heavy atom. The molecule has 1 fully saturated rings. The Kier molecular flexibility index (Phi) is 6.17. The third-order valence-electron chi connectivity index (χ3n) is 5.58. The predicted octanol–water partition coefficient (Wildman–Crippen LogP) is 3.87. The van der Waals surface area contributed by atoms with Gasteiger partial charge in [0.2, 0.25) is 0 Å². The number of carbonyl (C=O) groups is 2. The van der Waals surface area contributed by atoms with Gasteiger partial charge < -0.3 is 19.8 Å². The summed E-state index contributed by atoms with van der Waals surface area (Å²) in [5.41, 5.74) is 2.47. The second-order valence-corrected chi connectivity index (χ2v) is 8.53. The first kappa shape index (κ1) is 21.8. The molecular formula is C22H28N4O3S. The molecule has 160 valence electrons. The molecule has 0 atom stereocenters. The zero-order valence-corrected chi connectivity index (χ0v) is 17.6. The van der Waals surface area contributed by atoms with Crippen LogP contribution in [0.5, 0.6) is 0 Å². The Balaban J connectivity index is 0.00000256. The fourth-order valence-electron chi connectivity index (χ4n) is 4.11. The number of hydrogen-bond acceptors (Lipinski definition) is 4. The lowest BCUT2D eigenvalue weighted by molar-refractivity contribution is 0.0832. The average molecular weight is 429 g/mol. The van der Waals surface area contributed by atoms with Gasteiger partial charge in [0, 0.05) is 45.1 Å². The van der Waals surface area contributed by atoms with E-state index in [2.05, 4.69) is 14.9 Å². The molecule has 30 heavy (non-hydrogen) atoms. The van der Waals surface area contributed by atoms with Crippen molar-refractivity contribution in [3.05, 3.63) is 44.6 Å². The van der Waals surface area contributed by atoms with E-state index in [0.717, 1.165) is 36.8 Å². The minimum absolute atomic E-state index is 0. The van der Waals surface area contributed by atoms with E-state index in [1.54, 1.807) is 21.1 Å². The van der Waals surface area contributed by atoms with Crippen LogP contribution in [0, 0.1) is 0 Å². The third-order valence-corrected chi connectivity index (χ3v) is 6.50. The Hall–Kier alpha value is -2.87. The Labute approximate surface area is 179 Å². The number of pyridine rings is 1. The van der Waals surface area contributed by atoms with E-state index in [0.29, 0.717) is 21.3 Å². The molecule has 1 aliphatic rings. The van der Waals surface area contributed by atoms with E-state index in [9.17, 15) is 14.4 Å². The topological polar surface area (TPSA) is 87.2 Å². The third kappa shape index (κ3) is 3.56. The van der Waals surface area contributed by atoms with Crippen LogP contribution in [-0.4, -0.2) is 47.4 Å². The van der Waals surface area contributed by atoms with Crippen LogP contribution in [0.1, 0.15) is 59.2 Å². The highest BCUT2D eigenvalue weighted by Crippen LogP contribution is 2.38. The molecule has 0 aliphatic heterocycles. The summed E-state index contributed by atoms with van der Waals surface area (Å²) in [5.74, 6) is -0.301. The fraction of sp³-hybridized carbons (Fsp3) is 0.409. The molecule has 2 amide bonds. The molecule has 7 nitrogen and oxygen atoms in total. The van der Waals surface area contributed by atoms with Gasteiger partial charge in [-0.1, -0.05) is 20.3 Å². The van der Waals surface area contributed by atoms with Crippen LogP contribution >= 0.6 is 11.3 Å². The van der Waals surface area contributed by atoms with E-state index in [4.69, 9.17) is 0 Å². The number of H-pyrrole nitrogens is 1. The molecule has 2 N–H and O–H groups in total. The Morgan fingerprint density at radius 2 is 1.97 bits per heavy atom. The molecular weight excluding hydrogens is 400 g/mol. The van der Waals surface area contributed by atoms with Crippen molar-refractivity contribution in [1.82, 2.24) is 19.8 Å². The maximum atomic E-state index is 12.8. The SMILES string of the molecule is C.CNC(=O)c1c[nH]c(=O)c2c(-c3csc(C(=O)N(C)C)c3)cn(C3CCCC3)c12. The van der Waals surface area contributed by atoms with Gasteiger partial charge in [0.15, 0.2) is 0 Å². The standard InChI is InChI=1S/C21H24N4O3S.CH4/c1-22-19(26)14-9-23-20(27)17-15(10-25(18(14)17)13-6-4-5-7-13)12-8-16(29-11-12)21(28)24(2)3;/h8-11,13H,4-7H2,1-3H3,(H,22,26)(H,23,27);1H4. The summed E-state index contributed by atoms with van der Waals surface area (Å²) in [4.78, 5) is 42.6. The van der Waals surface area contributed by atoms with E-state index in [-0.39, 0.29) is 30.8 Å². The number of amides is 2. The Bertz CT molecular complexity index is 1150. The molecule has 0 aromatic carbocycles. The summed E-state index contributed by atoms with van der Waals surface area (Å²) in [7, 11) is 5.02. The summed E-state index contributed by atoms with van der Waals surface area (Å²) in [6.45, 7) is 0. The summed E-state index contributed by atoms with van der Waals surface area (Å²) in [6, 6.07) is 2.09. The second-order valence-electron chi connectivity index (χ2n) is 7.62. The zero-order chi connectivity index (χ0) is 20.7. The lowest BCUT2D eigenvalue weighted by Crippen LogP contribution is -2.21. The monoisotopic (exact) mass is 428 g/mol. The molecule has 0 saturated heterocycles. The van der Waals surface area contributed by atoms with Crippen molar-refractivity contribution in [1.29, 1.82) is 0 Å². The molecule has 3 aromatic rings. The van der Waals surface area contributed by atoms with Crippen LogP contribution in [0.25, 0.3) is 22.0 Å². The maximum absolute atomic E-state index is 12.8. The molecule has 3 heterocycles. The van der Waals surface area contributed by atoms with Gasteiger partial charge in [-0.2, -0.15) is 0 Å². The van der Waals surface area contributed by atoms with Crippen LogP contribution in [0.15, 0.2) is 28.6 Å². The van der Waals surface area contributed by atoms with E-state index in [1.165, 1.54) is 22.4 Å². The van der Waals surface area contributed by atoms with Crippen molar-refractivity contribution in [2.75, 3.05) is 21.1 Å². The number of fused-ring (bicyclic) bond motifs is 1. The molecule has 0 unspecified atom stereocenters. The van der Waals surface area contributed by atoms with Crippen molar-refractivity contribution in [3.63, 3.8) is 0 Å². The van der Waals surface area contributed by atoms with Crippen LogP contribution in [-0.2, 0) is 0 Å². The highest BCUT2D eigenvalue weighted by atomic mass is 32.1. The smallest absolute Gasteiger partial charge is 0.263 e. The molecule has 8 heteroatoms. The van der Waals surface area contributed by atoms with Crippen molar-refractivity contribution in [2.45, 2.75) is 39.2 Å². The molecule has 4 rings (SSSR count). The second kappa shape index (κ2) is 8.47. The lowest BCUT2D eigenvalue weighted by atomic mass is 10.1. The van der Waals surface area contributed by atoms with Gasteiger partial charge in [0.25, 0.3) is 17.4 Å². The van der Waals surface area contributed by atoms with Crippen molar-refractivity contribution in [3.8, 4) is 11.1 Å². The quantitative estimate of drug-likeness (QED) is 0.661. The summed E-state index contributed by atoms with van der Waals surface area (Å²) in [5, 5.41) is 5.07. The number of nitrogens with one attached hydrogen (secondary N) is 2. The predicted molar refractivity (Wildman–Crippen MR) is 122 cm³/mol. The first-order valence-corrected chi connectivity index (χ1v) is 10.6. The van der Waals surface area contributed by atoms with Crippen LogP contribution in [0.2, 0.25) is 0 Å². The number of carbonyl (C=O) groups excluding carboxylic acids is 2. The van der Waals surface area contributed by atoms with Gasteiger partial charge in [-0.05, 0) is 29.9 Å². The number of hydrogen-bond donors (Lipinski definition) is 2. The normalized spacial score (nSPS) is 14.0. The van der Waals surface area contributed by atoms with Gasteiger partial charge in [-0.25, -0.2) is 0 Å². The maximum Gasteiger partial charge on any atom is 0.263 e. The largest absolute Gasteiger partial charge is 0.355 e. The number of aromatic nitrogens is 2. The minimum Gasteiger partial charge on any atom is -0.355 e. The van der Waals surface area contributed by atoms with Gasteiger partial charge in [0.1, 0.15) is 0 Å². The molecule has 3 aromatic heterocycles. The molecule has 0 radical (unpaired) electrons. The van der Waals surface area contributed by atoms with E-state index < -0.39 is 0 Å². The van der Waals surface area contributed by atoms with Gasteiger partial charge in [0.05, 0.1) is 21.3 Å². The molecule has 1 saturated carbocycles. The summed E-state index contributed by atoms with van der Waals surface area (Å²) in [6.07, 6.45) is 7.80. The van der Waals surface area contributed by atoms with Gasteiger partial charge in [-0.3, -0.25) is 14.4 Å². The number of aromatic amines is 1. The Morgan fingerprint density at radius 1 is 1.27 bits per heavy atom. The lowest BCUT2D eigenvalue weighted by Gasteiger charge is -2.15. The van der Waals surface area contributed by atoms with Gasteiger partial charge in [-0.15, -0.1) is 11.3 Å². The van der Waals surface area contributed by atoms with E-state index >= 15 is 0 Å². The van der Waals surface area contributed by atoms with Crippen LogP contribution in [0.3, 0.4) is 0 Å². The fourth-order valence-corrected chi connectivity index (χ4v) is 5.04. The number of nitrogens with zero attached hydrogens (tertiary/aromatic N) is 2. The first-order chi connectivity index (χ1) is 13.9. The first-order valence-electron chi connectivity index (χ1n) is 9.71. The summed E-state index contributed by atoms with van der Waals surface area (Å²) < 4.78 is 2.10. The van der Waals surface area contributed by atoms with Crippen molar-refractivity contribution < 1.29 is 9.59 Å². The number of thiophene rings is 1. The van der Waals surface area contributed by atoms with Crippen LogP contribution < -0.4 is 10.9 Å². The van der Waals surface area contributed by atoms with Gasteiger partial charge >= 0.3 is 0 Å². The molecule has 0 spiro atoms. The van der Waals surface area contributed by atoms with E-state index in [1.807, 2.05) is 17.6 Å². The highest BCUT2D eigenvalue weighted by molar-refractivity contribution is 7.12. The van der Waals surface area contributed by atoms with Crippen molar-refractivity contribution >= 4 is 34.1 Å². The molecule has 1 aliphatic carbocycles. The molecule has 0 bridgehead atoms. The average Bonchev–Trinajstić information content (AvgIpc) is 3.45. The van der Waals surface area contributed by atoms with Crippen molar-refractivity contribution in [2.24, 2.45) is 0 Å². The zero-order valence-electron chi connectivity index (χ0n) is 16.7. The summed E-state index contributed by atoms with van der Waals surface area (Å²) >= 11 is 1.36.